The van der Waals surface area contributed by atoms with Gasteiger partial charge in [-0.15, -0.1) is 5.06 Å². The van der Waals surface area contributed by atoms with Gasteiger partial charge in [0.25, 0.3) is 0 Å². The SMILES string of the molecule is CC(C)(C)C(=O)ON1CCC(c2cc3cc(Br)ccc3[nH]2)CC1. The van der Waals surface area contributed by atoms with Crippen molar-refractivity contribution >= 4 is 32.8 Å². The summed E-state index contributed by atoms with van der Waals surface area (Å²) in [6.07, 6.45) is 1.98. The minimum Gasteiger partial charge on any atom is -0.367 e. The third kappa shape index (κ3) is 3.78. The average molecular weight is 379 g/mol. The van der Waals surface area contributed by atoms with Gasteiger partial charge in [-0.05, 0) is 57.9 Å². The maximum absolute atomic E-state index is 12.0. The molecule has 0 radical (unpaired) electrons. The first-order valence-corrected chi connectivity index (χ1v) is 8.88. The standard InChI is InChI=1S/C18H23BrN2O2/c1-18(2,3)17(22)23-21-8-6-12(7-9-21)16-11-13-10-14(19)4-5-15(13)20-16/h4-5,10-12,20H,6-9H2,1-3H3. The number of aromatic nitrogens is 1. The van der Waals surface area contributed by atoms with E-state index in [1.165, 1.54) is 16.6 Å². The first-order chi connectivity index (χ1) is 10.8. The van der Waals surface area contributed by atoms with Gasteiger partial charge in [-0.25, -0.2) is 4.79 Å². The number of aromatic amines is 1. The van der Waals surface area contributed by atoms with Gasteiger partial charge in [-0.3, -0.25) is 0 Å². The largest absolute Gasteiger partial charge is 0.367 e. The van der Waals surface area contributed by atoms with Crippen molar-refractivity contribution in [1.29, 1.82) is 0 Å². The first kappa shape index (κ1) is 16.5. The van der Waals surface area contributed by atoms with Crippen LogP contribution in [0.4, 0.5) is 0 Å². The van der Waals surface area contributed by atoms with E-state index in [0.29, 0.717) is 5.92 Å². The van der Waals surface area contributed by atoms with Crippen LogP contribution in [-0.2, 0) is 9.63 Å². The lowest BCUT2D eigenvalue weighted by Crippen LogP contribution is -2.38. The maximum Gasteiger partial charge on any atom is 0.330 e. The highest BCUT2D eigenvalue weighted by Crippen LogP contribution is 2.31. The number of carbonyl (C=O) groups excluding carboxylic acids is 1. The van der Waals surface area contributed by atoms with Crippen LogP contribution in [0, 0.1) is 5.41 Å². The van der Waals surface area contributed by atoms with E-state index in [0.717, 1.165) is 30.4 Å². The Labute approximate surface area is 145 Å². The van der Waals surface area contributed by atoms with Gasteiger partial charge in [0.1, 0.15) is 0 Å². The van der Waals surface area contributed by atoms with Crippen molar-refractivity contribution in [2.45, 2.75) is 39.5 Å². The Hall–Kier alpha value is -1.33. The average Bonchev–Trinajstić information content (AvgIpc) is 2.90. The number of piperidine rings is 1. The molecule has 1 aliphatic heterocycles. The van der Waals surface area contributed by atoms with E-state index in [1.54, 1.807) is 0 Å². The number of benzene rings is 1. The first-order valence-electron chi connectivity index (χ1n) is 8.08. The molecule has 0 unspecified atom stereocenters. The molecule has 0 atom stereocenters. The molecule has 124 valence electrons. The topological polar surface area (TPSA) is 45.3 Å². The van der Waals surface area contributed by atoms with Crippen LogP contribution in [0.5, 0.6) is 0 Å². The molecule has 23 heavy (non-hydrogen) atoms. The second-order valence-electron chi connectivity index (χ2n) is 7.29. The molecule has 3 rings (SSSR count). The molecule has 0 bridgehead atoms. The van der Waals surface area contributed by atoms with Crippen molar-refractivity contribution < 1.29 is 9.63 Å². The lowest BCUT2D eigenvalue weighted by molar-refractivity contribution is -0.204. The van der Waals surface area contributed by atoms with Gasteiger partial charge in [0.05, 0.1) is 5.41 Å². The highest BCUT2D eigenvalue weighted by molar-refractivity contribution is 9.10. The van der Waals surface area contributed by atoms with Crippen molar-refractivity contribution in [3.8, 4) is 0 Å². The zero-order valence-electron chi connectivity index (χ0n) is 13.9. The summed E-state index contributed by atoms with van der Waals surface area (Å²) < 4.78 is 1.10. The maximum atomic E-state index is 12.0. The van der Waals surface area contributed by atoms with E-state index in [2.05, 4.69) is 45.2 Å². The molecule has 1 aromatic heterocycles. The summed E-state index contributed by atoms with van der Waals surface area (Å²) in [6.45, 7) is 7.21. The summed E-state index contributed by atoms with van der Waals surface area (Å²) in [5.41, 5.74) is 1.99. The molecule has 0 aliphatic carbocycles. The highest BCUT2D eigenvalue weighted by atomic mass is 79.9. The van der Waals surface area contributed by atoms with Crippen LogP contribution in [0.3, 0.4) is 0 Å². The lowest BCUT2D eigenvalue weighted by Gasteiger charge is -2.31. The van der Waals surface area contributed by atoms with E-state index in [9.17, 15) is 4.79 Å². The fourth-order valence-corrected chi connectivity index (χ4v) is 3.24. The molecule has 0 amide bonds. The van der Waals surface area contributed by atoms with Gasteiger partial charge in [-0.1, -0.05) is 15.9 Å². The predicted octanol–water partition coefficient (Wildman–Crippen LogP) is 4.61. The monoisotopic (exact) mass is 378 g/mol. The quantitative estimate of drug-likeness (QED) is 0.829. The fourth-order valence-electron chi connectivity index (χ4n) is 2.86. The van der Waals surface area contributed by atoms with Crippen LogP contribution in [0.15, 0.2) is 28.7 Å². The van der Waals surface area contributed by atoms with Crippen LogP contribution < -0.4 is 0 Å². The van der Waals surface area contributed by atoms with Gasteiger partial charge in [0, 0.05) is 40.1 Å². The van der Waals surface area contributed by atoms with Gasteiger partial charge in [0.2, 0.25) is 0 Å². The van der Waals surface area contributed by atoms with E-state index < -0.39 is 5.41 Å². The number of hydrogen-bond acceptors (Lipinski definition) is 3. The summed E-state index contributed by atoms with van der Waals surface area (Å²) in [7, 11) is 0. The molecular weight excluding hydrogens is 356 g/mol. The zero-order chi connectivity index (χ0) is 16.6. The molecule has 0 spiro atoms. The van der Waals surface area contributed by atoms with Crippen LogP contribution in [0.1, 0.15) is 45.2 Å². The number of hydrogen-bond donors (Lipinski definition) is 1. The molecule has 1 aliphatic rings. The highest BCUT2D eigenvalue weighted by Gasteiger charge is 2.29. The lowest BCUT2D eigenvalue weighted by atomic mass is 9.94. The molecule has 5 heteroatoms. The number of carbonyl (C=O) groups is 1. The van der Waals surface area contributed by atoms with E-state index in [4.69, 9.17) is 4.84 Å². The molecule has 2 aromatic rings. The molecule has 1 saturated heterocycles. The van der Waals surface area contributed by atoms with E-state index >= 15 is 0 Å². The Balaban J connectivity index is 1.63. The number of rotatable bonds is 2. The van der Waals surface area contributed by atoms with Crippen LogP contribution >= 0.6 is 15.9 Å². The zero-order valence-corrected chi connectivity index (χ0v) is 15.4. The van der Waals surface area contributed by atoms with Gasteiger partial charge < -0.3 is 9.82 Å². The smallest absolute Gasteiger partial charge is 0.330 e. The van der Waals surface area contributed by atoms with E-state index in [-0.39, 0.29) is 5.97 Å². The van der Waals surface area contributed by atoms with Crippen molar-refractivity contribution in [3.63, 3.8) is 0 Å². The second kappa shape index (κ2) is 6.29. The summed E-state index contributed by atoms with van der Waals surface area (Å²) in [6, 6.07) is 8.53. The molecule has 1 aromatic carbocycles. The molecular formula is C18H23BrN2O2. The van der Waals surface area contributed by atoms with Crippen molar-refractivity contribution in [3.05, 3.63) is 34.4 Å². The Morgan fingerprint density at radius 1 is 1.26 bits per heavy atom. The minimum absolute atomic E-state index is 0.161. The summed E-state index contributed by atoms with van der Waals surface area (Å²) >= 11 is 3.52. The molecule has 2 heterocycles. The summed E-state index contributed by atoms with van der Waals surface area (Å²) in [5, 5.41) is 3.04. The molecule has 1 fully saturated rings. The van der Waals surface area contributed by atoms with Gasteiger partial charge >= 0.3 is 5.97 Å². The number of nitrogens with one attached hydrogen (secondary N) is 1. The van der Waals surface area contributed by atoms with Crippen molar-refractivity contribution in [2.24, 2.45) is 5.41 Å². The van der Waals surface area contributed by atoms with Gasteiger partial charge in [-0.2, -0.15) is 0 Å². The van der Waals surface area contributed by atoms with Crippen LogP contribution in [-0.4, -0.2) is 29.1 Å². The normalized spacial score (nSPS) is 17.6. The van der Waals surface area contributed by atoms with E-state index in [1.807, 2.05) is 25.8 Å². The Morgan fingerprint density at radius 3 is 2.61 bits per heavy atom. The molecule has 0 saturated carbocycles. The van der Waals surface area contributed by atoms with Crippen LogP contribution in [0.2, 0.25) is 0 Å². The summed E-state index contributed by atoms with van der Waals surface area (Å²) in [4.78, 5) is 21.0. The van der Waals surface area contributed by atoms with Crippen molar-refractivity contribution in [2.75, 3.05) is 13.1 Å². The molecule has 4 nitrogen and oxygen atoms in total. The Kier molecular flexibility index (Phi) is 4.52. The number of fused-ring (bicyclic) bond motifs is 1. The Bertz CT molecular complexity index is 709. The van der Waals surface area contributed by atoms with Gasteiger partial charge in [0.15, 0.2) is 0 Å². The third-order valence-electron chi connectivity index (χ3n) is 4.32. The Morgan fingerprint density at radius 2 is 1.96 bits per heavy atom. The third-order valence-corrected chi connectivity index (χ3v) is 4.82. The number of H-pyrrole nitrogens is 1. The number of nitrogens with zero attached hydrogens (tertiary/aromatic N) is 1. The van der Waals surface area contributed by atoms with Crippen molar-refractivity contribution in [1.82, 2.24) is 10.0 Å². The summed E-state index contributed by atoms with van der Waals surface area (Å²) in [5.74, 6) is 0.331. The fraction of sp³-hybridized carbons (Fsp3) is 0.500. The number of hydroxylamine groups is 2. The molecule has 1 N–H and O–H groups in total. The minimum atomic E-state index is -0.457. The predicted molar refractivity (Wildman–Crippen MR) is 95.1 cm³/mol. The van der Waals surface area contributed by atoms with Crippen LogP contribution in [0.25, 0.3) is 10.9 Å². The second-order valence-corrected chi connectivity index (χ2v) is 8.20. The number of halogens is 1.